The van der Waals surface area contributed by atoms with E-state index in [1.165, 1.54) is 28.8 Å². The number of piperazine rings is 1. The van der Waals surface area contributed by atoms with Crippen molar-refractivity contribution in [3.8, 4) is 0 Å². The number of sulfonamides is 1. The highest BCUT2D eigenvalue weighted by atomic mass is 35.5. The van der Waals surface area contributed by atoms with Crippen LogP contribution in [-0.2, 0) is 21.9 Å². The van der Waals surface area contributed by atoms with Crippen LogP contribution in [0.15, 0.2) is 47.5 Å². The lowest BCUT2D eigenvalue weighted by Crippen LogP contribution is -2.49. The van der Waals surface area contributed by atoms with Gasteiger partial charge in [0.25, 0.3) is 0 Å². The molecule has 0 aromatic heterocycles. The molecular formula is C25H30ClN3O2S. The first-order valence-corrected chi connectivity index (χ1v) is 13.6. The second-order valence-electron chi connectivity index (χ2n) is 9.05. The minimum absolute atomic E-state index is 0.0215. The molecule has 2 aliphatic heterocycles. The van der Waals surface area contributed by atoms with Gasteiger partial charge in [-0.05, 0) is 61.6 Å². The third-order valence-electron chi connectivity index (χ3n) is 7.42. The molecule has 2 heterocycles. The highest BCUT2D eigenvalue weighted by Crippen LogP contribution is 2.48. The first kappa shape index (κ1) is 21.9. The molecule has 5 nitrogen and oxygen atoms in total. The average Bonchev–Trinajstić information content (AvgIpc) is 2.79. The Hall–Kier alpha value is -1.89. The smallest absolute Gasteiger partial charge is 0.213 e. The van der Waals surface area contributed by atoms with Crippen molar-refractivity contribution in [2.75, 3.05) is 43.4 Å². The highest BCUT2D eigenvalue weighted by molar-refractivity contribution is 7.89. The van der Waals surface area contributed by atoms with Crippen molar-refractivity contribution in [2.45, 2.75) is 38.0 Å². The fraction of sp³-hybridized carbons (Fsp3) is 0.480. The quantitative estimate of drug-likeness (QED) is 0.654. The van der Waals surface area contributed by atoms with E-state index >= 15 is 0 Å². The van der Waals surface area contributed by atoms with Crippen LogP contribution in [0.3, 0.4) is 0 Å². The van der Waals surface area contributed by atoms with E-state index in [0.29, 0.717) is 26.2 Å². The number of benzene rings is 2. The molecule has 0 atom stereocenters. The topological polar surface area (TPSA) is 53.0 Å². The summed E-state index contributed by atoms with van der Waals surface area (Å²) in [7, 11) is -3.12. The Kier molecular flexibility index (Phi) is 5.81. The molecule has 0 unspecified atom stereocenters. The molecule has 1 saturated heterocycles. The van der Waals surface area contributed by atoms with Crippen molar-refractivity contribution in [1.82, 2.24) is 4.31 Å². The Bertz CT molecular complexity index is 1130. The van der Waals surface area contributed by atoms with E-state index in [1.54, 1.807) is 11.2 Å². The molecule has 32 heavy (non-hydrogen) atoms. The SMILES string of the molecule is CCS(=O)(=O)N1CCN(c2ccc3c(c2)C(C2(c4ccc(Cl)cc4)CCC2)=NCC3)CC1. The number of nitrogens with zero attached hydrogens (tertiary/aromatic N) is 3. The largest absolute Gasteiger partial charge is 0.369 e. The Morgan fingerprint density at radius 2 is 1.75 bits per heavy atom. The van der Waals surface area contributed by atoms with Gasteiger partial charge in [0.05, 0.1) is 11.5 Å². The summed E-state index contributed by atoms with van der Waals surface area (Å²) in [6.45, 7) is 5.07. The number of aliphatic imine (C=N–C) groups is 1. The van der Waals surface area contributed by atoms with E-state index in [0.717, 1.165) is 36.5 Å². The van der Waals surface area contributed by atoms with Gasteiger partial charge in [0, 0.05) is 54.4 Å². The van der Waals surface area contributed by atoms with Crippen LogP contribution in [0.5, 0.6) is 0 Å². The highest BCUT2D eigenvalue weighted by Gasteiger charge is 2.45. The Labute approximate surface area is 196 Å². The van der Waals surface area contributed by atoms with Crippen molar-refractivity contribution in [2.24, 2.45) is 4.99 Å². The minimum Gasteiger partial charge on any atom is -0.369 e. The summed E-state index contributed by atoms with van der Waals surface area (Å²) in [5.74, 6) is 0.165. The first-order valence-electron chi connectivity index (χ1n) is 11.6. The maximum absolute atomic E-state index is 12.2. The van der Waals surface area contributed by atoms with Gasteiger partial charge < -0.3 is 4.90 Å². The number of anilines is 1. The molecule has 1 aliphatic carbocycles. The van der Waals surface area contributed by atoms with Crippen LogP contribution in [0.1, 0.15) is 42.9 Å². The lowest BCUT2D eigenvalue weighted by atomic mass is 9.59. The van der Waals surface area contributed by atoms with Gasteiger partial charge in [-0.1, -0.05) is 36.2 Å². The second-order valence-corrected chi connectivity index (χ2v) is 11.7. The maximum atomic E-state index is 12.2. The predicted molar refractivity (Wildman–Crippen MR) is 132 cm³/mol. The van der Waals surface area contributed by atoms with Crippen LogP contribution >= 0.6 is 11.6 Å². The molecule has 1 saturated carbocycles. The molecular weight excluding hydrogens is 442 g/mol. The zero-order valence-electron chi connectivity index (χ0n) is 18.6. The lowest BCUT2D eigenvalue weighted by Gasteiger charge is -2.45. The van der Waals surface area contributed by atoms with Gasteiger partial charge in [-0.15, -0.1) is 0 Å². The molecule has 7 heteroatoms. The summed E-state index contributed by atoms with van der Waals surface area (Å²) in [6, 6.07) is 15.0. The molecule has 0 amide bonds. The van der Waals surface area contributed by atoms with Crippen molar-refractivity contribution < 1.29 is 8.42 Å². The standard InChI is InChI=1S/C25H30ClN3O2S/c1-2-32(30,31)29-16-14-28(15-17-29)22-9-4-19-10-13-27-24(23(19)18-22)25(11-3-12-25)20-5-7-21(26)8-6-20/h4-9,18H,2-3,10-17H2,1H3. The summed E-state index contributed by atoms with van der Waals surface area (Å²) < 4.78 is 26.1. The van der Waals surface area contributed by atoms with Crippen molar-refractivity contribution in [3.63, 3.8) is 0 Å². The molecule has 0 spiro atoms. The Balaban J connectivity index is 1.44. The Morgan fingerprint density at radius 3 is 2.38 bits per heavy atom. The first-order chi connectivity index (χ1) is 15.4. The van der Waals surface area contributed by atoms with Crippen LogP contribution in [0.25, 0.3) is 0 Å². The molecule has 2 aromatic carbocycles. The molecule has 0 N–H and O–H groups in total. The average molecular weight is 472 g/mol. The number of fused-ring (bicyclic) bond motifs is 1. The van der Waals surface area contributed by atoms with Crippen LogP contribution < -0.4 is 4.90 Å². The second kappa shape index (κ2) is 8.47. The van der Waals surface area contributed by atoms with Gasteiger partial charge >= 0.3 is 0 Å². The summed E-state index contributed by atoms with van der Waals surface area (Å²) in [5, 5.41) is 0.765. The predicted octanol–water partition coefficient (Wildman–Crippen LogP) is 4.28. The van der Waals surface area contributed by atoms with Crippen LogP contribution in [-0.4, -0.2) is 56.9 Å². The molecule has 2 aromatic rings. The van der Waals surface area contributed by atoms with Gasteiger partial charge in [0.1, 0.15) is 0 Å². The number of hydrogen-bond acceptors (Lipinski definition) is 4. The third-order valence-corrected chi connectivity index (χ3v) is 9.55. The number of halogens is 1. The molecule has 2 fully saturated rings. The van der Waals surface area contributed by atoms with Crippen molar-refractivity contribution >= 4 is 33.0 Å². The molecule has 0 bridgehead atoms. The van der Waals surface area contributed by atoms with Gasteiger partial charge in [0.2, 0.25) is 10.0 Å². The van der Waals surface area contributed by atoms with Crippen LogP contribution in [0.2, 0.25) is 5.02 Å². The number of rotatable bonds is 5. The zero-order valence-corrected chi connectivity index (χ0v) is 20.1. The van der Waals surface area contributed by atoms with E-state index in [2.05, 4.69) is 35.2 Å². The third kappa shape index (κ3) is 3.76. The molecule has 170 valence electrons. The van der Waals surface area contributed by atoms with Gasteiger partial charge in [-0.3, -0.25) is 4.99 Å². The van der Waals surface area contributed by atoms with Gasteiger partial charge in [-0.25, -0.2) is 8.42 Å². The van der Waals surface area contributed by atoms with Crippen molar-refractivity contribution in [3.05, 3.63) is 64.2 Å². The van der Waals surface area contributed by atoms with E-state index in [9.17, 15) is 8.42 Å². The van der Waals surface area contributed by atoms with E-state index < -0.39 is 10.0 Å². The normalized spacial score (nSPS) is 20.9. The summed E-state index contributed by atoms with van der Waals surface area (Å²) in [4.78, 5) is 7.39. The van der Waals surface area contributed by atoms with E-state index in [1.807, 2.05) is 12.1 Å². The van der Waals surface area contributed by atoms with Crippen molar-refractivity contribution in [1.29, 1.82) is 0 Å². The van der Waals surface area contributed by atoms with Gasteiger partial charge in [-0.2, -0.15) is 4.31 Å². The van der Waals surface area contributed by atoms with Crippen LogP contribution in [0.4, 0.5) is 5.69 Å². The maximum Gasteiger partial charge on any atom is 0.213 e. The molecule has 0 radical (unpaired) electrons. The fourth-order valence-electron chi connectivity index (χ4n) is 5.35. The Morgan fingerprint density at radius 1 is 1.03 bits per heavy atom. The van der Waals surface area contributed by atoms with E-state index in [4.69, 9.17) is 16.6 Å². The molecule has 5 rings (SSSR count). The fourth-order valence-corrected chi connectivity index (χ4v) is 6.56. The van der Waals surface area contributed by atoms with Crippen LogP contribution in [0, 0.1) is 0 Å². The lowest BCUT2D eigenvalue weighted by molar-refractivity contribution is 0.339. The summed E-state index contributed by atoms with van der Waals surface area (Å²) in [5.41, 5.74) is 6.31. The molecule has 3 aliphatic rings. The zero-order chi connectivity index (χ0) is 22.3. The summed E-state index contributed by atoms with van der Waals surface area (Å²) >= 11 is 6.17. The monoisotopic (exact) mass is 471 g/mol. The number of hydrogen-bond donors (Lipinski definition) is 0. The summed E-state index contributed by atoms with van der Waals surface area (Å²) in [6.07, 6.45) is 4.41. The minimum atomic E-state index is -3.12. The van der Waals surface area contributed by atoms with Gasteiger partial charge in [0.15, 0.2) is 0 Å². The van der Waals surface area contributed by atoms with E-state index in [-0.39, 0.29) is 11.2 Å².